The Labute approximate surface area is 72.5 Å². The van der Waals surface area contributed by atoms with Gasteiger partial charge in [0.1, 0.15) is 6.04 Å². The first-order chi connectivity index (χ1) is 5.61. The van der Waals surface area contributed by atoms with E-state index in [9.17, 15) is 9.59 Å². The highest BCUT2D eigenvalue weighted by molar-refractivity contribution is 6.06. The number of nitrogens with two attached hydrogens (primary N) is 1. The van der Waals surface area contributed by atoms with Crippen molar-refractivity contribution in [1.82, 2.24) is 0 Å². The molecule has 0 amide bonds. The maximum absolute atomic E-state index is 10.6. The highest BCUT2D eigenvalue weighted by Crippen LogP contribution is 1.97. The van der Waals surface area contributed by atoms with Crippen LogP contribution in [0.1, 0.15) is 12.8 Å². The third-order valence-electron chi connectivity index (χ3n) is 1.21. The molecule has 0 aliphatic heterocycles. The summed E-state index contributed by atoms with van der Waals surface area (Å²) in [6.07, 6.45) is 0.0405. The molecule has 0 saturated carbocycles. The van der Waals surface area contributed by atoms with Gasteiger partial charge in [0.25, 0.3) is 5.97 Å². The summed E-state index contributed by atoms with van der Waals surface area (Å²) in [4.78, 5) is 21.0. The molecule has 4 radical (unpaired) electrons. The van der Waals surface area contributed by atoms with Crippen LogP contribution in [0.2, 0.25) is 0 Å². The molecule has 0 bridgehead atoms. The van der Waals surface area contributed by atoms with E-state index in [-0.39, 0.29) is 12.8 Å². The zero-order valence-electron chi connectivity index (χ0n) is 6.36. The second kappa shape index (κ2) is 5.65. The van der Waals surface area contributed by atoms with Gasteiger partial charge < -0.3 is 15.0 Å². The van der Waals surface area contributed by atoms with Gasteiger partial charge in [0.05, 0.1) is 0 Å². The summed E-state index contributed by atoms with van der Waals surface area (Å²) in [5.74, 6) is -1.42. The first-order valence-electron chi connectivity index (χ1n) is 3.17. The molecule has 12 heavy (non-hydrogen) atoms. The molecule has 2 N–H and O–H groups in total. The molecule has 0 spiro atoms. The van der Waals surface area contributed by atoms with Crippen molar-refractivity contribution in [3.05, 3.63) is 0 Å². The van der Waals surface area contributed by atoms with Crippen LogP contribution in [-0.4, -0.2) is 34.1 Å². The molecule has 0 aromatic rings. The van der Waals surface area contributed by atoms with Crippen molar-refractivity contribution in [3.63, 3.8) is 0 Å². The molecule has 0 aromatic heterocycles. The Morgan fingerprint density at radius 3 is 2.33 bits per heavy atom. The van der Waals surface area contributed by atoms with Crippen molar-refractivity contribution in [2.24, 2.45) is 5.73 Å². The van der Waals surface area contributed by atoms with Crippen LogP contribution in [0.15, 0.2) is 0 Å². The fourth-order valence-electron chi connectivity index (χ4n) is 0.538. The van der Waals surface area contributed by atoms with Crippen LogP contribution in [0.25, 0.3) is 0 Å². The largest absolute Gasteiger partial charge is 0.543 e. The Morgan fingerprint density at radius 2 is 1.92 bits per heavy atom. The van der Waals surface area contributed by atoms with E-state index in [1.165, 1.54) is 0 Å². The second-order valence-electron chi connectivity index (χ2n) is 2.07. The second-order valence-corrected chi connectivity index (χ2v) is 2.07. The lowest BCUT2D eigenvalue weighted by Crippen LogP contribution is -2.32. The first-order valence-corrected chi connectivity index (χ1v) is 3.17. The quantitative estimate of drug-likeness (QED) is 0.507. The average molecular weight is 167 g/mol. The molecular formula is C5H7B2NO4. The van der Waals surface area contributed by atoms with Gasteiger partial charge in [-0.15, -0.1) is 0 Å². The van der Waals surface area contributed by atoms with Gasteiger partial charge in [-0.05, 0) is 6.42 Å². The fraction of sp³-hybridized carbons (Fsp3) is 0.600. The van der Waals surface area contributed by atoms with Gasteiger partial charge >= 0.3 is 22.1 Å². The van der Waals surface area contributed by atoms with E-state index in [2.05, 4.69) is 25.4 Å². The Morgan fingerprint density at radius 1 is 1.33 bits per heavy atom. The van der Waals surface area contributed by atoms with Gasteiger partial charge in [0, 0.05) is 6.42 Å². The standard InChI is InChI=1S/C5H7B2NO4/c6-11-4(9)2-1-3(8)5(10)12-7/h3H,1-2,8H2/t3-/m0/s1. The lowest BCUT2D eigenvalue weighted by molar-refractivity contribution is -0.136. The molecule has 1 atom stereocenters. The minimum absolute atomic E-state index is 0.0488. The molecule has 0 fully saturated rings. The molecule has 5 nitrogen and oxygen atoms in total. The smallest absolute Gasteiger partial charge is 0.378 e. The van der Waals surface area contributed by atoms with E-state index < -0.39 is 18.0 Å². The summed E-state index contributed by atoms with van der Waals surface area (Å²) in [5.41, 5.74) is 5.23. The van der Waals surface area contributed by atoms with Gasteiger partial charge in [-0.25, -0.2) is 0 Å². The minimum atomic E-state index is -0.922. The van der Waals surface area contributed by atoms with E-state index in [0.29, 0.717) is 0 Å². The lowest BCUT2D eigenvalue weighted by Gasteiger charge is -2.07. The summed E-state index contributed by atoms with van der Waals surface area (Å²) >= 11 is 0. The SMILES string of the molecule is [B]OC(=O)CC[C@H](N)C(=O)O[B]. The van der Waals surface area contributed by atoms with Crippen LogP contribution >= 0.6 is 0 Å². The highest BCUT2D eigenvalue weighted by Gasteiger charge is 2.14. The summed E-state index contributed by atoms with van der Waals surface area (Å²) < 4.78 is 7.67. The van der Waals surface area contributed by atoms with Crippen molar-refractivity contribution in [3.8, 4) is 0 Å². The number of rotatable bonds is 4. The van der Waals surface area contributed by atoms with Crippen LogP contribution in [0.5, 0.6) is 0 Å². The number of hydrogen-bond acceptors (Lipinski definition) is 5. The first kappa shape index (κ1) is 11.0. The van der Waals surface area contributed by atoms with Crippen molar-refractivity contribution in [2.45, 2.75) is 18.9 Å². The summed E-state index contributed by atoms with van der Waals surface area (Å²) in [7, 11) is 9.08. The van der Waals surface area contributed by atoms with Gasteiger partial charge in [-0.2, -0.15) is 0 Å². The van der Waals surface area contributed by atoms with Crippen molar-refractivity contribution < 1.29 is 18.9 Å². The lowest BCUT2D eigenvalue weighted by atomic mass is 10.1. The van der Waals surface area contributed by atoms with E-state index in [1.807, 2.05) is 0 Å². The maximum atomic E-state index is 10.6. The van der Waals surface area contributed by atoms with Gasteiger partial charge in [0.2, 0.25) is 0 Å². The zero-order chi connectivity index (χ0) is 9.56. The van der Waals surface area contributed by atoms with E-state index in [0.717, 1.165) is 0 Å². The molecule has 0 unspecified atom stereocenters. The normalized spacial score (nSPS) is 11.8. The van der Waals surface area contributed by atoms with Crippen molar-refractivity contribution >= 4 is 28.0 Å². The highest BCUT2D eigenvalue weighted by atomic mass is 16.5. The topological polar surface area (TPSA) is 78.6 Å². The van der Waals surface area contributed by atoms with Crippen molar-refractivity contribution in [1.29, 1.82) is 0 Å². The van der Waals surface area contributed by atoms with Crippen LogP contribution in [0, 0.1) is 0 Å². The van der Waals surface area contributed by atoms with Crippen LogP contribution < -0.4 is 5.73 Å². The Kier molecular flexibility index (Phi) is 5.19. The zero-order valence-corrected chi connectivity index (χ0v) is 6.36. The van der Waals surface area contributed by atoms with Crippen LogP contribution in [0.4, 0.5) is 0 Å². The summed E-state index contributed by atoms with van der Waals surface area (Å²) in [6.45, 7) is 0. The van der Waals surface area contributed by atoms with Gasteiger partial charge in [-0.1, -0.05) is 0 Å². The molecule has 0 rings (SSSR count). The number of hydrogen-bond donors (Lipinski definition) is 1. The maximum Gasteiger partial charge on any atom is 0.378 e. The number of carbonyl (C=O) groups is 2. The average Bonchev–Trinajstić information content (AvgIpc) is 2.11. The summed E-state index contributed by atoms with van der Waals surface area (Å²) in [5, 5.41) is 0. The molecule has 62 valence electrons. The predicted molar refractivity (Wildman–Crippen MR) is 40.9 cm³/mol. The minimum Gasteiger partial charge on any atom is -0.543 e. The van der Waals surface area contributed by atoms with Gasteiger partial charge in [-0.3, -0.25) is 9.59 Å². The van der Waals surface area contributed by atoms with Crippen molar-refractivity contribution in [2.75, 3.05) is 0 Å². The van der Waals surface area contributed by atoms with Crippen LogP contribution in [-0.2, 0) is 18.9 Å². The molecule has 0 aliphatic carbocycles. The Balaban J connectivity index is 3.63. The molecule has 0 aliphatic rings. The van der Waals surface area contributed by atoms with E-state index in [4.69, 9.17) is 5.73 Å². The van der Waals surface area contributed by atoms with E-state index >= 15 is 0 Å². The molecule has 0 saturated heterocycles. The predicted octanol–water partition coefficient (Wildman–Crippen LogP) is -1.65. The fourth-order valence-corrected chi connectivity index (χ4v) is 0.538. The van der Waals surface area contributed by atoms with E-state index in [1.54, 1.807) is 0 Å². The molecule has 0 heterocycles. The Bertz CT molecular complexity index is 175. The molecule has 7 heteroatoms. The Hall–Kier alpha value is -0.970. The number of carbonyl (C=O) groups excluding carboxylic acids is 2. The van der Waals surface area contributed by atoms with Gasteiger partial charge in [0.15, 0.2) is 0 Å². The summed E-state index contributed by atoms with van der Waals surface area (Å²) in [6, 6.07) is -0.922. The third-order valence-corrected chi connectivity index (χ3v) is 1.21. The molecular weight excluding hydrogens is 160 g/mol. The molecule has 0 aromatic carbocycles. The monoisotopic (exact) mass is 167 g/mol. The third kappa shape index (κ3) is 4.02. The van der Waals surface area contributed by atoms with Crippen LogP contribution in [0.3, 0.4) is 0 Å².